The molecule has 7 nitrogen and oxygen atoms in total. The molecule has 0 bridgehead atoms. The number of ether oxygens (including phenoxy) is 2. The Balaban J connectivity index is 1.81. The van der Waals surface area contributed by atoms with Crippen molar-refractivity contribution in [3.63, 3.8) is 0 Å². The molecule has 1 amide bonds. The highest BCUT2D eigenvalue weighted by Crippen LogP contribution is 2.36. The Hall–Kier alpha value is -3.52. The van der Waals surface area contributed by atoms with E-state index in [0.29, 0.717) is 11.4 Å². The maximum Gasteiger partial charge on any atom is 0.243 e. The molecule has 0 aliphatic heterocycles. The molecule has 0 aliphatic rings. The van der Waals surface area contributed by atoms with Gasteiger partial charge >= 0.3 is 0 Å². The molecular formula is C25H28N2O5S. The molecule has 3 aromatic rings. The van der Waals surface area contributed by atoms with Gasteiger partial charge in [-0.15, -0.1) is 0 Å². The van der Waals surface area contributed by atoms with Crippen molar-refractivity contribution >= 4 is 27.1 Å². The number of methoxy groups -OCH3 is 2. The monoisotopic (exact) mass is 468 g/mol. The molecule has 0 spiro atoms. The molecule has 3 rings (SSSR count). The number of carbonyl (C=O) groups excluding carboxylic acids is 1. The van der Waals surface area contributed by atoms with Gasteiger partial charge in [-0.1, -0.05) is 38.1 Å². The minimum absolute atomic E-state index is 0.00530. The molecule has 3 aromatic carbocycles. The lowest BCUT2D eigenvalue weighted by Gasteiger charge is -2.16. The van der Waals surface area contributed by atoms with Crippen LogP contribution in [0.2, 0.25) is 0 Å². The Kier molecular flexibility index (Phi) is 7.60. The van der Waals surface area contributed by atoms with Gasteiger partial charge in [0.2, 0.25) is 15.7 Å². The largest absolute Gasteiger partial charge is 0.497 e. The molecule has 8 heteroatoms. The first-order valence-corrected chi connectivity index (χ1v) is 11.9. The highest BCUT2D eigenvalue weighted by Gasteiger charge is 2.24. The summed E-state index contributed by atoms with van der Waals surface area (Å²) in [4.78, 5) is 12.7. The summed E-state index contributed by atoms with van der Waals surface area (Å²) in [7, 11) is -0.944. The van der Waals surface area contributed by atoms with E-state index in [1.165, 1.54) is 32.4 Å². The highest BCUT2D eigenvalue weighted by molar-refractivity contribution is 7.91. The molecule has 0 radical (unpaired) electrons. The third kappa shape index (κ3) is 5.46. The fourth-order valence-corrected chi connectivity index (χ4v) is 4.89. The highest BCUT2D eigenvalue weighted by atomic mass is 32.2. The normalized spacial score (nSPS) is 11.2. The van der Waals surface area contributed by atoms with Crippen molar-refractivity contribution in [3.8, 4) is 11.5 Å². The summed E-state index contributed by atoms with van der Waals surface area (Å²) in [6.45, 7) is 4.06. The van der Waals surface area contributed by atoms with Crippen molar-refractivity contribution in [1.82, 2.24) is 0 Å². The van der Waals surface area contributed by atoms with Crippen LogP contribution >= 0.6 is 0 Å². The number of rotatable bonds is 9. The number of nitrogens with one attached hydrogen (secondary N) is 2. The van der Waals surface area contributed by atoms with E-state index in [1.54, 1.807) is 24.3 Å². The Morgan fingerprint density at radius 2 is 1.55 bits per heavy atom. The van der Waals surface area contributed by atoms with Gasteiger partial charge in [-0.05, 0) is 53.9 Å². The fraction of sp³-hybridized carbons (Fsp3) is 0.240. The summed E-state index contributed by atoms with van der Waals surface area (Å²) in [6, 6.07) is 18.5. The second-order valence-electron chi connectivity index (χ2n) is 7.66. The Morgan fingerprint density at radius 3 is 2.18 bits per heavy atom. The maximum atomic E-state index is 13.2. The number of para-hydroxylation sites is 2. The molecule has 0 saturated heterocycles. The van der Waals surface area contributed by atoms with Gasteiger partial charge < -0.3 is 20.1 Å². The van der Waals surface area contributed by atoms with E-state index >= 15 is 0 Å². The third-order valence-electron chi connectivity index (χ3n) is 5.14. The molecule has 2 N–H and O–H groups in total. The summed E-state index contributed by atoms with van der Waals surface area (Å²) in [5, 5.41) is 5.90. The molecule has 0 fully saturated rings. The molecule has 0 saturated carbocycles. The SMILES string of the molecule is COc1ccc(S(=O)(=O)c2cccc(NCC(=O)Nc3ccccc3C(C)C)c2OC)cc1. The quantitative estimate of drug-likeness (QED) is 0.472. The van der Waals surface area contributed by atoms with Crippen LogP contribution in [0.4, 0.5) is 11.4 Å². The minimum Gasteiger partial charge on any atom is -0.497 e. The average molecular weight is 469 g/mol. The van der Waals surface area contributed by atoms with E-state index in [-0.39, 0.29) is 33.9 Å². The number of anilines is 2. The number of hydrogen-bond acceptors (Lipinski definition) is 6. The first-order valence-electron chi connectivity index (χ1n) is 10.5. The van der Waals surface area contributed by atoms with Gasteiger partial charge in [0.25, 0.3) is 0 Å². The van der Waals surface area contributed by atoms with Gasteiger partial charge in [0.15, 0.2) is 5.75 Å². The lowest BCUT2D eigenvalue weighted by Crippen LogP contribution is -2.23. The van der Waals surface area contributed by atoms with Gasteiger partial charge in [-0.25, -0.2) is 8.42 Å². The summed E-state index contributed by atoms with van der Waals surface area (Å²) in [6.07, 6.45) is 0. The van der Waals surface area contributed by atoms with Crippen LogP contribution in [-0.2, 0) is 14.6 Å². The van der Waals surface area contributed by atoms with E-state index in [9.17, 15) is 13.2 Å². The molecule has 0 heterocycles. The zero-order chi connectivity index (χ0) is 24.0. The summed E-state index contributed by atoms with van der Waals surface area (Å²) in [5.41, 5.74) is 2.19. The van der Waals surface area contributed by atoms with Crippen molar-refractivity contribution in [2.45, 2.75) is 29.6 Å². The molecule has 174 valence electrons. The van der Waals surface area contributed by atoms with Crippen LogP contribution in [-0.4, -0.2) is 35.1 Å². The number of hydrogen-bond donors (Lipinski definition) is 2. The third-order valence-corrected chi connectivity index (χ3v) is 6.93. The van der Waals surface area contributed by atoms with Crippen LogP contribution in [0.25, 0.3) is 0 Å². The lowest BCUT2D eigenvalue weighted by atomic mass is 10.0. The van der Waals surface area contributed by atoms with E-state index < -0.39 is 9.84 Å². The van der Waals surface area contributed by atoms with E-state index in [1.807, 2.05) is 24.3 Å². The van der Waals surface area contributed by atoms with Crippen LogP contribution in [0.1, 0.15) is 25.3 Å². The number of sulfone groups is 1. The van der Waals surface area contributed by atoms with E-state index in [4.69, 9.17) is 9.47 Å². The predicted molar refractivity (Wildman–Crippen MR) is 129 cm³/mol. The molecule has 0 aliphatic carbocycles. The number of benzene rings is 3. The first kappa shape index (κ1) is 24.1. The van der Waals surface area contributed by atoms with E-state index in [2.05, 4.69) is 24.5 Å². The van der Waals surface area contributed by atoms with Gasteiger partial charge in [0.05, 0.1) is 31.3 Å². The van der Waals surface area contributed by atoms with Crippen LogP contribution in [0, 0.1) is 0 Å². The Morgan fingerprint density at radius 1 is 0.879 bits per heavy atom. The second-order valence-corrected chi connectivity index (χ2v) is 9.58. The number of amides is 1. The van der Waals surface area contributed by atoms with Crippen molar-refractivity contribution in [2.24, 2.45) is 0 Å². The number of carbonyl (C=O) groups is 1. The van der Waals surface area contributed by atoms with Crippen molar-refractivity contribution in [2.75, 3.05) is 31.4 Å². The summed E-state index contributed by atoms with van der Waals surface area (Å²) in [5.74, 6) is 0.702. The lowest BCUT2D eigenvalue weighted by molar-refractivity contribution is -0.114. The zero-order valence-corrected chi connectivity index (χ0v) is 19.9. The first-order chi connectivity index (χ1) is 15.8. The summed E-state index contributed by atoms with van der Waals surface area (Å²) >= 11 is 0. The topological polar surface area (TPSA) is 93.7 Å². The molecule has 0 atom stereocenters. The Labute approximate surface area is 194 Å². The molecule has 0 aromatic heterocycles. The molecule has 0 unspecified atom stereocenters. The van der Waals surface area contributed by atoms with Crippen LogP contribution in [0.3, 0.4) is 0 Å². The van der Waals surface area contributed by atoms with Crippen molar-refractivity contribution in [1.29, 1.82) is 0 Å². The fourth-order valence-electron chi connectivity index (χ4n) is 3.44. The molecule has 33 heavy (non-hydrogen) atoms. The summed E-state index contributed by atoms with van der Waals surface area (Å²) < 4.78 is 37.0. The average Bonchev–Trinajstić information content (AvgIpc) is 2.82. The van der Waals surface area contributed by atoms with Crippen LogP contribution in [0.5, 0.6) is 11.5 Å². The van der Waals surface area contributed by atoms with E-state index in [0.717, 1.165) is 11.3 Å². The zero-order valence-electron chi connectivity index (χ0n) is 19.1. The van der Waals surface area contributed by atoms with Crippen LogP contribution in [0.15, 0.2) is 76.5 Å². The Bertz CT molecular complexity index is 1220. The van der Waals surface area contributed by atoms with Crippen molar-refractivity contribution < 1.29 is 22.7 Å². The predicted octanol–water partition coefficient (Wildman–Crippen LogP) is 4.71. The maximum absolute atomic E-state index is 13.2. The van der Waals surface area contributed by atoms with Gasteiger partial charge in [-0.3, -0.25) is 4.79 Å². The smallest absolute Gasteiger partial charge is 0.243 e. The van der Waals surface area contributed by atoms with Gasteiger partial charge in [0, 0.05) is 5.69 Å². The van der Waals surface area contributed by atoms with Crippen molar-refractivity contribution in [3.05, 3.63) is 72.3 Å². The van der Waals surface area contributed by atoms with Gasteiger partial charge in [0.1, 0.15) is 10.6 Å². The minimum atomic E-state index is -3.85. The second kappa shape index (κ2) is 10.4. The standard InChI is InChI=1S/C25H28N2O5S/c1-17(2)20-8-5-6-9-21(20)27-24(28)16-26-22-10-7-11-23(25(22)32-4)33(29,30)19-14-12-18(31-3)13-15-19/h5-15,17,26H,16H2,1-4H3,(H,27,28). The van der Waals surface area contributed by atoms with Gasteiger partial charge in [-0.2, -0.15) is 0 Å². The van der Waals surface area contributed by atoms with Crippen LogP contribution < -0.4 is 20.1 Å². The molecular weight excluding hydrogens is 440 g/mol.